The number of ketones is 1. The van der Waals surface area contributed by atoms with E-state index in [1.54, 1.807) is 5.38 Å². The highest BCUT2D eigenvalue weighted by Gasteiger charge is 3.09. The quantitative estimate of drug-likeness (QED) is 0.183. The molecule has 1 aromatic heterocycles. The van der Waals surface area contributed by atoms with Crippen LogP contribution in [0, 0.1) is 70.0 Å². The molecule has 7 saturated carbocycles. The SMILES string of the molecule is CC(=O)O[C@H](C[C@H](C(C)C)N(C)C(=O)[C@@H](CC(=O)C12C3C4C1C1C2C3C41C)C1CC1)c1nc(C(=O)N[C@@H](Cc2ccccc2)CC(C)C)cs1. The molecule has 0 radical (unpaired) electrons. The molecular formula is C41H53N3O5S. The molecule has 1 aromatic carbocycles. The van der Waals surface area contributed by atoms with Crippen LogP contribution in [0.2, 0.25) is 0 Å². The molecule has 1 heterocycles. The molecule has 4 atom stereocenters. The van der Waals surface area contributed by atoms with Crippen LogP contribution in [0.4, 0.5) is 0 Å². The van der Waals surface area contributed by atoms with Crippen LogP contribution in [0.25, 0.3) is 0 Å². The van der Waals surface area contributed by atoms with Crippen molar-refractivity contribution in [3.8, 4) is 0 Å². The molecule has 7 aliphatic rings. The second-order valence-corrected chi connectivity index (χ2v) is 18.6. The van der Waals surface area contributed by atoms with Gasteiger partial charge in [0.1, 0.15) is 16.5 Å². The van der Waals surface area contributed by atoms with Crippen LogP contribution in [-0.4, -0.2) is 52.6 Å². The highest BCUT2D eigenvalue weighted by molar-refractivity contribution is 7.09. The maximum absolute atomic E-state index is 14.3. The predicted molar refractivity (Wildman–Crippen MR) is 191 cm³/mol. The summed E-state index contributed by atoms with van der Waals surface area (Å²) in [6, 6.07) is 9.87. The van der Waals surface area contributed by atoms with Gasteiger partial charge in [0.2, 0.25) is 5.91 Å². The third kappa shape index (κ3) is 4.76. The second-order valence-electron chi connectivity index (χ2n) is 17.7. The number of thiazole rings is 1. The molecule has 50 heavy (non-hydrogen) atoms. The fourth-order valence-corrected chi connectivity index (χ4v) is 13.2. The minimum atomic E-state index is -0.703. The smallest absolute Gasteiger partial charge is 0.303 e. The molecule has 9 heteroatoms. The van der Waals surface area contributed by atoms with Crippen molar-refractivity contribution < 1.29 is 23.9 Å². The zero-order valence-electron chi connectivity index (χ0n) is 30.6. The van der Waals surface area contributed by atoms with E-state index in [2.05, 4.69) is 52.1 Å². The van der Waals surface area contributed by atoms with Crippen molar-refractivity contribution >= 4 is 34.9 Å². The van der Waals surface area contributed by atoms with Gasteiger partial charge in [-0.2, -0.15) is 0 Å². The first-order chi connectivity index (χ1) is 23.8. The standard InChI is InChI=1S/C41H53N3O5S/c1-20(2)15-25(16-23-11-9-8-10-12-23)42-37(47)27-19-50-38(43-27)29(49-22(5)45)18-28(21(3)4)44(7)39(48)26(24-13-14-24)17-30(46)41-34-31-35(41)33-36(41)32(34)40(31,33)6/h8-12,19-21,24-26,28-29,31-36H,13-18H2,1-7H3,(H,42,47)/t25-,26+,28-,29-,31?,32?,33?,34?,35?,36?,40?,41?/m1/s1. The van der Waals surface area contributed by atoms with Crippen LogP contribution in [0.15, 0.2) is 35.7 Å². The number of hydrogen-bond acceptors (Lipinski definition) is 7. The molecule has 0 spiro atoms. The number of rotatable bonds is 17. The van der Waals surface area contributed by atoms with E-state index in [-0.39, 0.29) is 47.1 Å². The number of aromatic nitrogens is 1. The lowest BCUT2D eigenvalue weighted by atomic mass is 8.92. The van der Waals surface area contributed by atoms with Gasteiger partial charge >= 0.3 is 5.97 Å². The fourth-order valence-electron chi connectivity index (χ4n) is 12.3. The minimum absolute atomic E-state index is 0.0406. The fraction of sp³-hybridized carbons (Fsp3) is 0.683. The molecule has 7 fully saturated rings. The first-order valence-corrected chi connectivity index (χ1v) is 19.9. The van der Waals surface area contributed by atoms with Gasteiger partial charge in [0.25, 0.3) is 5.91 Å². The average Bonchev–Trinajstić information content (AvgIpc) is 3.79. The summed E-state index contributed by atoms with van der Waals surface area (Å²) in [5, 5.41) is 5.47. The van der Waals surface area contributed by atoms with Gasteiger partial charge in [0.15, 0.2) is 6.10 Å². The Morgan fingerprint density at radius 2 is 1.62 bits per heavy atom. The van der Waals surface area contributed by atoms with E-state index in [0.717, 1.165) is 49.0 Å². The minimum Gasteiger partial charge on any atom is -0.455 e. The Labute approximate surface area is 300 Å². The summed E-state index contributed by atoms with van der Waals surface area (Å²) in [6.07, 6.45) is 3.61. The van der Waals surface area contributed by atoms with E-state index in [4.69, 9.17) is 9.72 Å². The summed E-state index contributed by atoms with van der Waals surface area (Å²) < 4.78 is 5.85. The number of carbonyl (C=O) groups is 4. The monoisotopic (exact) mass is 699 g/mol. The Bertz CT molecular complexity index is 1640. The molecule has 0 bridgehead atoms. The number of amides is 2. The molecule has 268 valence electrons. The molecule has 8 nitrogen and oxygen atoms in total. The topological polar surface area (TPSA) is 106 Å². The molecule has 2 amide bonds. The van der Waals surface area contributed by atoms with Crippen LogP contribution in [0.5, 0.6) is 0 Å². The molecule has 7 aliphatic carbocycles. The first kappa shape index (κ1) is 34.0. The molecule has 1 N–H and O–H groups in total. The van der Waals surface area contributed by atoms with Crippen LogP contribution >= 0.6 is 11.3 Å². The van der Waals surface area contributed by atoms with Gasteiger partial charge in [0.05, 0.1) is 0 Å². The summed E-state index contributed by atoms with van der Waals surface area (Å²) in [7, 11) is 1.85. The maximum Gasteiger partial charge on any atom is 0.303 e. The summed E-state index contributed by atoms with van der Waals surface area (Å²) in [6.45, 7) is 12.3. The van der Waals surface area contributed by atoms with E-state index in [1.807, 2.05) is 30.1 Å². The molecule has 0 unspecified atom stereocenters. The van der Waals surface area contributed by atoms with E-state index in [1.165, 1.54) is 18.3 Å². The van der Waals surface area contributed by atoms with Crippen LogP contribution in [-0.2, 0) is 25.5 Å². The number of esters is 1. The van der Waals surface area contributed by atoms with E-state index >= 15 is 0 Å². The predicted octanol–water partition coefficient (Wildman–Crippen LogP) is 6.75. The van der Waals surface area contributed by atoms with Crippen molar-refractivity contribution in [3.05, 3.63) is 52.0 Å². The van der Waals surface area contributed by atoms with Crippen molar-refractivity contribution in [2.24, 2.45) is 70.0 Å². The van der Waals surface area contributed by atoms with Gasteiger partial charge in [-0.05, 0) is 89.9 Å². The Balaban J connectivity index is 0.939. The normalized spacial score (nSPS) is 34.1. The number of benzene rings is 1. The van der Waals surface area contributed by atoms with Gasteiger partial charge in [0, 0.05) is 55.6 Å². The van der Waals surface area contributed by atoms with Crippen molar-refractivity contribution in [2.75, 3.05) is 7.05 Å². The Morgan fingerprint density at radius 1 is 0.980 bits per heavy atom. The van der Waals surface area contributed by atoms with E-state index in [0.29, 0.717) is 58.4 Å². The summed E-state index contributed by atoms with van der Waals surface area (Å²) >= 11 is 1.31. The molecule has 0 saturated heterocycles. The van der Waals surface area contributed by atoms with Crippen LogP contribution in [0.1, 0.15) is 101 Å². The van der Waals surface area contributed by atoms with E-state index < -0.39 is 12.1 Å². The zero-order chi connectivity index (χ0) is 35.4. The van der Waals surface area contributed by atoms with Crippen molar-refractivity contribution in [1.82, 2.24) is 15.2 Å². The lowest BCUT2D eigenvalue weighted by Gasteiger charge is -3.11. The highest BCUT2D eigenvalue weighted by atomic mass is 32.1. The third-order valence-corrected chi connectivity index (χ3v) is 15.3. The Kier molecular flexibility index (Phi) is 8.16. The number of ether oxygens (including phenoxy) is 1. The number of hydrogen-bond donors (Lipinski definition) is 1. The van der Waals surface area contributed by atoms with Gasteiger partial charge in [-0.25, -0.2) is 4.98 Å². The van der Waals surface area contributed by atoms with Gasteiger partial charge in [-0.1, -0.05) is 65.0 Å². The molecule has 0 aliphatic heterocycles. The summed E-state index contributed by atoms with van der Waals surface area (Å²) in [5.74, 6) is 4.46. The molecular weight excluding hydrogens is 647 g/mol. The average molecular weight is 700 g/mol. The van der Waals surface area contributed by atoms with Crippen molar-refractivity contribution in [2.45, 2.75) is 98.3 Å². The second kappa shape index (κ2) is 12.0. The lowest BCUT2D eigenvalue weighted by molar-refractivity contribution is -0.636. The maximum atomic E-state index is 14.3. The highest BCUT2D eigenvalue weighted by Crippen LogP contribution is 3.10. The number of nitrogens with one attached hydrogen (secondary N) is 1. The van der Waals surface area contributed by atoms with Crippen molar-refractivity contribution in [1.29, 1.82) is 0 Å². The number of Topliss-reactive ketones (excluding diaryl/α,β-unsaturated/α-hetero) is 1. The summed E-state index contributed by atoms with van der Waals surface area (Å²) in [5.41, 5.74) is 1.97. The van der Waals surface area contributed by atoms with Crippen LogP contribution in [0.3, 0.4) is 0 Å². The van der Waals surface area contributed by atoms with Gasteiger partial charge in [-0.3, -0.25) is 19.2 Å². The number of nitrogens with zero attached hydrogens (tertiary/aromatic N) is 2. The molecule has 9 rings (SSSR count). The van der Waals surface area contributed by atoms with Crippen molar-refractivity contribution in [3.63, 3.8) is 0 Å². The third-order valence-electron chi connectivity index (χ3n) is 14.4. The Hall–Kier alpha value is -3.07. The number of carbonyl (C=O) groups excluding carboxylic acids is 4. The largest absolute Gasteiger partial charge is 0.455 e. The Morgan fingerprint density at radius 3 is 2.18 bits per heavy atom. The van der Waals surface area contributed by atoms with Crippen LogP contribution < -0.4 is 5.32 Å². The van der Waals surface area contributed by atoms with E-state index in [9.17, 15) is 19.2 Å². The summed E-state index contributed by atoms with van der Waals surface area (Å²) in [4.78, 5) is 60.7. The molecule has 2 aromatic rings. The zero-order valence-corrected chi connectivity index (χ0v) is 31.4. The lowest BCUT2D eigenvalue weighted by Crippen LogP contribution is -3.10. The van der Waals surface area contributed by atoms with Gasteiger partial charge in [-0.15, -0.1) is 11.3 Å². The first-order valence-electron chi connectivity index (χ1n) is 19.1. The van der Waals surface area contributed by atoms with Gasteiger partial charge < -0.3 is 15.0 Å².